The zero-order chi connectivity index (χ0) is 13.7. The SMILES string of the molecule is NCC1(c2ccc3c(c2)[nH]c(=O)n3C2CC2)CCCC1. The zero-order valence-electron chi connectivity index (χ0n) is 11.7. The molecule has 0 spiro atoms. The summed E-state index contributed by atoms with van der Waals surface area (Å²) in [6.07, 6.45) is 7.11. The molecule has 0 unspecified atom stereocenters. The molecule has 3 N–H and O–H groups in total. The van der Waals surface area contributed by atoms with Gasteiger partial charge in [-0.1, -0.05) is 18.9 Å². The van der Waals surface area contributed by atoms with Crippen molar-refractivity contribution < 1.29 is 0 Å². The largest absolute Gasteiger partial charge is 0.330 e. The molecule has 2 saturated carbocycles. The van der Waals surface area contributed by atoms with E-state index in [1.807, 2.05) is 4.57 Å². The fraction of sp³-hybridized carbons (Fsp3) is 0.562. The van der Waals surface area contributed by atoms with Gasteiger partial charge in [-0.15, -0.1) is 0 Å². The van der Waals surface area contributed by atoms with Gasteiger partial charge in [0.25, 0.3) is 0 Å². The maximum atomic E-state index is 12.1. The van der Waals surface area contributed by atoms with E-state index in [1.165, 1.54) is 31.2 Å². The first-order valence-corrected chi connectivity index (χ1v) is 7.68. The van der Waals surface area contributed by atoms with Crippen molar-refractivity contribution in [1.29, 1.82) is 0 Å². The Labute approximate surface area is 118 Å². The van der Waals surface area contributed by atoms with Gasteiger partial charge in [0.1, 0.15) is 0 Å². The van der Waals surface area contributed by atoms with Crippen molar-refractivity contribution in [3.8, 4) is 0 Å². The zero-order valence-corrected chi connectivity index (χ0v) is 11.7. The van der Waals surface area contributed by atoms with Crippen LogP contribution in [0.2, 0.25) is 0 Å². The third kappa shape index (κ3) is 1.67. The van der Waals surface area contributed by atoms with Crippen molar-refractivity contribution in [2.75, 3.05) is 6.54 Å². The summed E-state index contributed by atoms with van der Waals surface area (Å²) in [6, 6.07) is 6.87. The Morgan fingerprint density at radius 1 is 1.30 bits per heavy atom. The van der Waals surface area contributed by atoms with Crippen LogP contribution in [-0.2, 0) is 5.41 Å². The first kappa shape index (κ1) is 12.2. The summed E-state index contributed by atoms with van der Waals surface area (Å²) in [5.41, 5.74) is 9.55. The lowest BCUT2D eigenvalue weighted by Crippen LogP contribution is -2.31. The first-order valence-electron chi connectivity index (χ1n) is 7.68. The minimum atomic E-state index is 0.0351. The monoisotopic (exact) mass is 271 g/mol. The van der Waals surface area contributed by atoms with Gasteiger partial charge >= 0.3 is 5.69 Å². The Hall–Kier alpha value is -1.55. The van der Waals surface area contributed by atoms with Crippen LogP contribution in [0.4, 0.5) is 0 Å². The van der Waals surface area contributed by atoms with Gasteiger partial charge in [0.05, 0.1) is 11.0 Å². The van der Waals surface area contributed by atoms with E-state index in [4.69, 9.17) is 5.73 Å². The van der Waals surface area contributed by atoms with Crippen molar-refractivity contribution >= 4 is 11.0 Å². The maximum Gasteiger partial charge on any atom is 0.326 e. The molecule has 4 nitrogen and oxygen atoms in total. The number of hydrogen-bond donors (Lipinski definition) is 2. The Morgan fingerprint density at radius 2 is 2.05 bits per heavy atom. The standard InChI is InChI=1S/C16H21N3O/c17-10-16(7-1-2-8-16)11-3-6-14-13(9-11)18-15(20)19(14)12-4-5-12/h3,6,9,12H,1-2,4-5,7-8,10,17H2,(H,18,20). The molecule has 0 aliphatic heterocycles. The molecule has 0 radical (unpaired) electrons. The van der Waals surface area contributed by atoms with Crippen LogP contribution in [0, 0.1) is 0 Å². The van der Waals surface area contributed by atoms with E-state index < -0.39 is 0 Å². The van der Waals surface area contributed by atoms with Gasteiger partial charge in [0.2, 0.25) is 0 Å². The van der Waals surface area contributed by atoms with Gasteiger partial charge < -0.3 is 10.7 Å². The molecule has 0 saturated heterocycles. The van der Waals surface area contributed by atoms with Crippen LogP contribution in [-0.4, -0.2) is 16.1 Å². The molecular formula is C16H21N3O. The molecule has 2 aliphatic carbocycles. The third-order valence-electron chi connectivity index (χ3n) is 5.19. The summed E-state index contributed by atoms with van der Waals surface area (Å²) >= 11 is 0. The molecule has 4 heteroatoms. The molecule has 1 heterocycles. The third-order valence-corrected chi connectivity index (χ3v) is 5.19. The molecule has 2 aliphatic rings. The van der Waals surface area contributed by atoms with Gasteiger partial charge in [0.15, 0.2) is 0 Å². The lowest BCUT2D eigenvalue weighted by atomic mass is 9.79. The van der Waals surface area contributed by atoms with Gasteiger partial charge in [-0.25, -0.2) is 4.79 Å². The number of benzene rings is 1. The summed E-state index contributed by atoms with van der Waals surface area (Å²) in [5, 5.41) is 0. The fourth-order valence-corrected chi connectivity index (χ4v) is 3.82. The second kappa shape index (κ2) is 4.22. The van der Waals surface area contributed by atoms with Crippen LogP contribution in [0.3, 0.4) is 0 Å². The van der Waals surface area contributed by atoms with Crippen LogP contribution in [0.15, 0.2) is 23.0 Å². The second-order valence-corrected chi connectivity index (χ2v) is 6.45. The molecule has 0 atom stereocenters. The van der Waals surface area contributed by atoms with Gasteiger partial charge in [-0.2, -0.15) is 0 Å². The Kier molecular flexibility index (Phi) is 2.58. The molecule has 106 valence electrons. The fourth-order valence-electron chi connectivity index (χ4n) is 3.82. The van der Waals surface area contributed by atoms with Crippen molar-refractivity contribution in [1.82, 2.24) is 9.55 Å². The predicted molar refractivity (Wildman–Crippen MR) is 80.0 cm³/mol. The normalized spacial score (nSPS) is 21.6. The molecule has 1 aromatic carbocycles. The molecule has 1 aromatic heterocycles. The van der Waals surface area contributed by atoms with Crippen LogP contribution in [0.1, 0.15) is 50.1 Å². The van der Waals surface area contributed by atoms with Crippen LogP contribution in [0.25, 0.3) is 11.0 Å². The summed E-state index contributed by atoms with van der Waals surface area (Å²) < 4.78 is 1.92. The van der Waals surface area contributed by atoms with Crippen molar-refractivity contribution in [3.05, 3.63) is 34.2 Å². The number of imidazole rings is 1. The number of rotatable bonds is 3. The quantitative estimate of drug-likeness (QED) is 0.900. The lowest BCUT2D eigenvalue weighted by Gasteiger charge is -2.27. The smallest absolute Gasteiger partial charge is 0.326 e. The molecular weight excluding hydrogens is 250 g/mol. The molecule has 0 bridgehead atoms. The first-order chi connectivity index (χ1) is 9.73. The number of H-pyrrole nitrogens is 1. The number of fused-ring (bicyclic) bond motifs is 1. The van der Waals surface area contributed by atoms with E-state index in [0.29, 0.717) is 12.6 Å². The Balaban J connectivity index is 1.85. The highest BCUT2D eigenvalue weighted by atomic mass is 16.1. The summed E-state index contributed by atoms with van der Waals surface area (Å²) in [7, 11) is 0. The van der Waals surface area contributed by atoms with E-state index in [1.54, 1.807) is 0 Å². The van der Waals surface area contributed by atoms with Gasteiger partial charge in [-0.3, -0.25) is 4.57 Å². The molecule has 0 amide bonds. The van der Waals surface area contributed by atoms with Gasteiger partial charge in [0, 0.05) is 18.0 Å². The predicted octanol–water partition coefficient (Wildman–Crippen LogP) is 2.44. The van der Waals surface area contributed by atoms with Crippen LogP contribution in [0.5, 0.6) is 0 Å². The molecule has 2 aromatic rings. The summed E-state index contributed by atoms with van der Waals surface area (Å²) in [4.78, 5) is 15.1. The Bertz CT molecular complexity index is 702. The topological polar surface area (TPSA) is 63.8 Å². The van der Waals surface area contributed by atoms with E-state index in [2.05, 4.69) is 23.2 Å². The van der Waals surface area contributed by atoms with E-state index in [9.17, 15) is 4.79 Å². The highest BCUT2D eigenvalue weighted by Gasteiger charge is 2.35. The maximum absolute atomic E-state index is 12.1. The molecule has 2 fully saturated rings. The van der Waals surface area contributed by atoms with Crippen molar-refractivity contribution in [2.24, 2.45) is 5.73 Å². The van der Waals surface area contributed by atoms with Crippen LogP contribution < -0.4 is 11.4 Å². The van der Waals surface area contributed by atoms with Crippen LogP contribution >= 0.6 is 0 Å². The Morgan fingerprint density at radius 3 is 2.70 bits per heavy atom. The average molecular weight is 271 g/mol. The number of aromatic nitrogens is 2. The number of aromatic amines is 1. The number of nitrogens with one attached hydrogen (secondary N) is 1. The van der Waals surface area contributed by atoms with E-state index in [-0.39, 0.29) is 11.1 Å². The van der Waals surface area contributed by atoms with Crippen molar-refractivity contribution in [2.45, 2.75) is 50.0 Å². The van der Waals surface area contributed by atoms with Crippen molar-refractivity contribution in [3.63, 3.8) is 0 Å². The molecule has 20 heavy (non-hydrogen) atoms. The number of nitrogens with zero attached hydrogens (tertiary/aromatic N) is 1. The summed E-state index contributed by atoms with van der Waals surface area (Å²) in [5.74, 6) is 0. The highest BCUT2D eigenvalue weighted by Crippen LogP contribution is 2.41. The minimum absolute atomic E-state index is 0.0351. The minimum Gasteiger partial charge on any atom is -0.330 e. The highest BCUT2D eigenvalue weighted by molar-refractivity contribution is 5.76. The van der Waals surface area contributed by atoms with Gasteiger partial charge in [-0.05, 0) is 43.4 Å². The molecule has 4 rings (SSSR count). The average Bonchev–Trinajstić information content (AvgIpc) is 3.06. The second-order valence-electron chi connectivity index (χ2n) is 6.45. The summed E-state index contributed by atoms with van der Waals surface area (Å²) in [6.45, 7) is 0.700. The number of hydrogen-bond acceptors (Lipinski definition) is 2. The van der Waals surface area contributed by atoms with E-state index in [0.717, 1.165) is 23.9 Å². The van der Waals surface area contributed by atoms with E-state index >= 15 is 0 Å². The lowest BCUT2D eigenvalue weighted by molar-refractivity contribution is 0.453. The number of nitrogens with two attached hydrogens (primary N) is 1.